The Morgan fingerprint density at radius 2 is 1.91 bits per heavy atom. The van der Waals surface area contributed by atoms with Crippen molar-refractivity contribution in [3.63, 3.8) is 0 Å². The molecule has 0 bridgehead atoms. The molecule has 0 aliphatic carbocycles. The number of ether oxygens (including phenoxy) is 1. The van der Waals surface area contributed by atoms with E-state index in [9.17, 15) is 18.0 Å². The zero-order valence-electron chi connectivity index (χ0n) is 23.8. The molecule has 44 heavy (non-hydrogen) atoms. The molecule has 9 nitrogen and oxygen atoms in total. The number of nitrogens with zero attached hydrogens (tertiary/aromatic N) is 5. The van der Waals surface area contributed by atoms with E-state index in [1.807, 2.05) is 16.7 Å². The predicted molar refractivity (Wildman–Crippen MR) is 163 cm³/mol. The molecule has 0 aliphatic rings. The van der Waals surface area contributed by atoms with E-state index >= 15 is 0 Å². The van der Waals surface area contributed by atoms with Crippen LogP contribution >= 0.6 is 12.2 Å². The number of nitrogens with one attached hydrogen (secondary N) is 1. The highest BCUT2D eigenvalue weighted by molar-refractivity contribution is 7.80. The Morgan fingerprint density at radius 1 is 1.16 bits per heavy atom. The van der Waals surface area contributed by atoms with Crippen molar-refractivity contribution >= 4 is 28.8 Å². The van der Waals surface area contributed by atoms with E-state index in [4.69, 9.17) is 28.0 Å². The number of nitriles is 1. The standard InChI is InChI=1S/C31H30F3N7O2S/c1-43-29-11-10-25(15-38-29)39-30(44)40(18-23-4-2-3-5-27(23)31(32,33)34)19-24(14-36)28(42)12-26-16-37-20-41(26)17-22-8-6-21(13-35)7-9-22/h2-11,15-16,20,24H,12,14,17-19,36H2,1H3,(H,39,44)/t24-/m0/s1. The van der Waals surface area contributed by atoms with Crippen LogP contribution in [0.25, 0.3) is 0 Å². The number of benzene rings is 2. The molecule has 0 fully saturated rings. The van der Waals surface area contributed by atoms with Crippen molar-refractivity contribution in [3.8, 4) is 11.9 Å². The summed E-state index contributed by atoms with van der Waals surface area (Å²) < 4.78 is 48.4. The SMILES string of the molecule is COc1ccc(NC(=S)N(Cc2ccccc2C(F)(F)F)C[C@H](CN)C(=O)Cc2cncn2Cc2ccc(C#N)cc2)cn1. The summed E-state index contributed by atoms with van der Waals surface area (Å²) in [5, 5.41) is 12.1. The Morgan fingerprint density at radius 3 is 2.55 bits per heavy atom. The van der Waals surface area contributed by atoms with Gasteiger partial charge in [0, 0.05) is 56.5 Å². The molecule has 228 valence electrons. The molecule has 0 saturated heterocycles. The summed E-state index contributed by atoms with van der Waals surface area (Å²) in [6.45, 7) is 0.144. The number of methoxy groups -OCH3 is 1. The summed E-state index contributed by atoms with van der Waals surface area (Å²) in [6.07, 6.45) is 0.116. The number of thiocarbonyl (C=S) groups is 1. The molecule has 0 saturated carbocycles. The van der Waals surface area contributed by atoms with Gasteiger partial charge in [-0.05, 0) is 47.6 Å². The van der Waals surface area contributed by atoms with Gasteiger partial charge < -0.3 is 25.3 Å². The minimum absolute atomic E-state index is 0.000666. The van der Waals surface area contributed by atoms with Gasteiger partial charge in [-0.25, -0.2) is 9.97 Å². The molecule has 2 aromatic carbocycles. The van der Waals surface area contributed by atoms with Crippen molar-refractivity contribution in [1.29, 1.82) is 5.26 Å². The van der Waals surface area contributed by atoms with Gasteiger partial charge in [0.15, 0.2) is 5.11 Å². The lowest BCUT2D eigenvalue weighted by Crippen LogP contribution is -2.43. The first-order valence-corrected chi connectivity index (χ1v) is 13.9. The minimum Gasteiger partial charge on any atom is -0.481 e. The number of halogens is 3. The fraction of sp³-hybridized carbons (Fsp3) is 0.258. The van der Waals surface area contributed by atoms with Crippen LogP contribution in [-0.4, -0.2) is 50.5 Å². The molecule has 1 atom stereocenters. The van der Waals surface area contributed by atoms with Gasteiger partial charge in [-0.3, -0.25) is 4.79 Å². The van der Waals surface area contributed by atoms with Gasteiger partial charge in [-0.2, -0.15) is 18.4 Å². The van der Waals surface area contributed by atoms with E-state index < -0.39 is 17.7 Å². The second-order valence-corrected chi connectivity index (χ2v) is 10.3. The van der Waals surface area contributed by atoms with E-state index in [0.29, 0.717) is 29.4 Å². The molecule has 0 aliphatic heterocycles. The van der Waals surface area contributed by atoms with Crippen LogP contribution < -0.4 is 15.8 Å². The van der Waals surface area contributed by atoms with Crippen LogP contribution in [0.1, 0.15) is 27.9 Å². The lowest BCUT2D eigenvalue weighted by atomic mass is 9.99. The van der Waals surface area contributed by atoms with Crippen molar-refractivity contribution in [3.05, 3.63) is 107 Å². The molecule has 3 N–H and O–H groups in total. The number of ketones is 1. The van der Waals surface area contributed by atoms with E-state index in [1.54, 1.807) is 36.8 Å². The van der Waals surface area contributed by atoms with Gasteiger partial charge in [-0.1, -0.05) is 30.3 Å². The molecule has 4 rings (SSSR count). The third-order valence-electron chi connectivity index (χ3n) is 6.94. The number of anilines is 1. The fourth-order valence-corrected chi connectivity index (χ4v) is 4.81. The zero-order valence-corrected chi connectivity index (χ0v) is 24.6. The number of aromatic nitrogens is 3. The summed E-state index contributed by atoms with van der Waals surface area (Å²) in [4.78, 5) is 23.4. The fourth-order valence-electron chi connectivity index (χ4n) is 4.55. The van der Waals surface area contributed by atoms with Crippen LogP contribution in [0.15, 0.2) is 79.4 Å². The topological polar surface area (TPSA) is 122 Å². The number of Topliss-reactive ketones (excluding diaryl/α,β-unsaturated/α-hetero) is 1. The average molecular weight is 622 g/mol. The summed E-state index contributed by atoms with van der Waals surface area (Å²) >= 11 is 5.62. The number of carbonyl (C=O) groups excluding carboxylic acids is 1. The van der Waals surface area contributed by atoms with Crippen LogP contribution in [0.3, 0.4) is 0 Å². The van der Waals surface area contributed by atoms with Crippen LogP contribution in [-0.2, 0) is 30.5 Å². The monoisotopic (exact) mass is 621 g/mol. The van der Waals surface area contributed by atoms with Crippen LogP contribution in [0, 0.1) is 17.2 Å². The summed E-state index contributed by atoms with van der Waals surface area (Å²) in [5.74, 6) is -0.582. The van der Waals surface area contributed by atoms with Crippen LogP contribution in [0.2, 0.25) is 0 Å². The second-order valence-electron chi connectivity index (χ2n) is 9.95. The molecule has 13 heteroatoms. The van der Waals surface area contributed by atoms with Gasteiger partial charge in [0.2, 0.25) is 5.88 Å². The van der Waals surface area contributed by atoms with Crippen molar-refractivity contribution in [2.45, 2.75) is 25.7 Å². The molecule has 0 unspecified atom stereocenters. The number of carbonyl (C=O) groups is 1. The molecule has 0 radical (unpaired) electrons. The lowest BCUT2D eigenvalue weighted by molar-refractivity contribution is -0.138. The van der Waals surface area contributed by atoms with Crippen molar-refractivity contribution in [1.82, 2.24) is 19.4 Å². The minimum atomic E-state index is -4.58. The Bertz CT molecular complexity index is 1620. The first-order chi connectivity index (χ1) is 21.1. The zero-order chi connectivity index (χ0) is 31.7. The van der Waals surface area contributed by atoms with E-state index in [1.165, 1.54) is 36.4 Å². The number of nitrogens with two attached hydrogens (primary N) is 1. The van der Waals surface area contributed by atoms with Gasteiger partial charge in [-0.15, -0.1) is 0 Å². The number of imidazole rings is 1. The van der Waals surface area contributed by atoms with Crippen LogP contribution in [0.5, 0.6) is 5.88 Å². The normalized spacial score (nSPS) is 11.8. The molecule has 0 spiro atoms. The number of rotatable bonds is 12. The first-order valence-electron chi connectivity index (χ1n) is 13.5. The van der Waals surface area contributed by atoms with Crippen molar-refractivity contribution in [2.24, 2.45) is 11.7 Å². The molecule has 4 aromatic rings. The highest BCUT2D eigenvalue weighted by Gasteiger charge is 2.34. The van der Waals surface area contributed by atoms with E-state index in [-0.39, 0.29) is 42.5 Å². The largest absolute Gasteiger partial charge is 0.481 e. The number of hydrogen-bond acceptors (Lipinski definition) is 7. The molecule has 2 aromatic heterocycles. The lowest BCUT2D eigenvalue weighted by Gasteiger charge is -2.30. The van der Waals surface area contributed by atoms with Crippen LogP contribution in [0.4, 0.5) is 18.9 Å². The van der Waals surface area contributed by atoms with E-state index in [2.05, 4.69) is 21.4 Å². The molecule has 2 heterocycles. The number of hydrogen-bond donors (Lipinski definition) is 2. The van der Waals surface area contributed by atoms with Gasteiger partial charge >= 0.3 is 6.18 Å². The van der Waals surface area contributed by atoms with Gasteiger partial charge in [0.1, 0.15) is 5.78 Å². The van der Waals surface area contributed by atoms with Gasteiger partial charge in [0.05, 0.1) is 42.5 Å². The average Bonchev–Trinajstić information content (AvgIpc) is 3.45. The van der Waals surface area contributed by atoms with Crippen molar-refractivity contribution in [2.75, 3.05) is 25.5 Å². The third-order valence-corrected chi connectivity index (χ3v) is 7.30. The Kier molecular flexibility index (Phi) is 10.6. The summed E-state index contributed by atoms with van der Waals surface area (Å²) in [7, 11) is 1.48. The second kappa shape index (κ2) is 14.6. The van der Waals surface area contributed by atoms with E-state index in [0.717, 1.165) is 11.6 Å². The molecule has 0 amide bonds. The quantitative estimate of drug-likeness (QED) is 0.215. The smallest absolute Gasteiger partial charge is 0.416 e. The number of pyridine rings is 1. The maximum absolute atomic E-state index is 13.8. The Balaban J connectivity index is 1.54. The maximum atomic E-state index is 13.8. The highest BCUT2D eigenvalue weighted by atomic mass is 32.1. The Hall–Kier alpha value is -4.80. The first kappa shape index (κ1) is 32.1. The van der Waals surface area contributed by atoms with Crippen molar-refractivity contribution < 1.29 is 22.7 Å². The summed E-state index contributed by atoms with van der Waals surface area (Å²) in [5.41, 5.74) is 7.87. The maximum Gasteiger partial charge on any atom is 0.416 e. The molecular weight excluding hydrogens is 591 g/mol. The number of alkyl halides is 3. The third kappa shape index (κ3) is 8.40. The van der Waals surface area contributed by atoms with Gasteiger partial charge in [0.25, 0.3) is 0 Å². The highest BCUT2D eigenvalue weighted by Crippen LogP contribution is 2.32. The predicted octanol–water partition coefficient (Wildman–Crippen LogP) is 4.81. The molecular formula is C31H30F3N7O2S. The Labute approximate surface area is 258 Å². The summed E-state index contributed by atoms with van der Waals surface area (Å²) in [6, 6.07) is 17.7.